The standard InChI is InChI=1S/C30H32N2O6S/c1-3-16-36-30(35)32-25-10-8-23(9-11-25)29-37-26(17-28(38-29)22-6-4-21(18-33)5-7-22)19-39-27-14-12-24(13-15-27)31-20(2)34/h3-15,26,28-29,33H,1,16-19H2,2H3,(H,31,34)(H,32,35)/t26-,28+,29+/m1/s1. The normalized spacial score (nSPS) is 18.7. The molecule has 0 spiro atoms. The third-order valence-electron chi connectivity index (χ3n) is 5.99. The first-order chi connectivity index (χ1) is 18.9. The van der Waals surface area contributed by atoms with E-state index in [1.807, 2.05) is 60.7 Å². The average Bonchev–Trinajstić information content (AvgIpc) is 2.95. The Morgan fingerprint density at radius 2 is 1.62 bits per heavy atom. The van der Waals surface area contributed by atoms with Crippen LogP contribution in [0.1, 0.15) is 42.4 Å². The molecule has 3 aromatic rings. The summed E-state index contributed by atoms with van der Waals surface area (Å²) >= 11 is 1.68. The van der Waals surface area contributed by atoms with Crippen molar-refractivity contribution in [1.29, 1.82) is 0 Å². The van der Waals surface area contributed by atoms with Crippen molar-refractivity contribution in [2.45, 2.75) is 43.3 Å². The first kappa shape index (κ1) is 28.4. The fourth-order valence-corrected chi connectivity index (χ4v) is 4.98. The van der Waals surface area contributed by atoms with Crippen LogP contribution in [0.3, 0.4) is 0 Å². The minimum atomic E-state index is -0.601. The van der Waals surface area contributed by atoms with E-state index in [1.54, 1.807) is 23.9 Å². The zero-order chi connectivity index (χ0) is 27.6. The zero-order valence-electron chi connectivity index (χ0n) is 21.7. The molecule has 9 heteroatoms. The number of nitrogens with one attached hydrogen (secondary N) is 2. The molecule has 3 aromatic carbocycles. The number of thioether (sulfide) groups is 1. The van der Waals surface area contributed by atoms with Crippen molar-refractivity contribution in [1.82, 2.24) is 0 Å². The maximum absolute atomic E-state index is 11.8. The largest absolute Gasteiger partial charge is 0.445 e. The van der Waals surface area contributed by atoms with Crippen LogP contribution in [0.25, 0.3) is 0 Å². The van der Waals surface area contributed by atoms with Crippen LogP contribution in [0.4, 0.5) is 16.2 Å². The highest BCUT2D eigenvalue weighted by atomic mass is 32.2. The van der Waals surface area contributed by atoms with Gasteiger partial charge >= 0.3 is 6.09 Å². The fourth-order valence-electron chi connectivity index (χ4n) is 4.06. The number of benzene rings is 3. The second kappa shape index (κ2) is 14.0. The zero-order valence-corrected chi connectivity index (χ0v) is 22.5. The summed E-state index contributed by atoms with van der Waals surface area (Å²) in [5.74, 6) is 0.603. The van der Waals surface area contributed by atoms with E-state index in [9.17, 15) is 14.7 Å². The maximum atomic E-state index is 11.8. The summed E-state index contributed by atoms with van der Waals surface area (Å²) in [6.45, 7) is 5.13. The van der Waals surface area contributed by atoms with Crippen molar-refractivity contribution in [3.05, 3.63) is 102 Å². The number of aliphatic hydroxyl groups excluding tert-OH is 1. The van der Waals surface area contributed by atoms with Gasteiger partial charge < -0.3 is 24.6 Å². The second-order valence-corrected chi connectivity index (χ2v) is 10.1. The van der Waals surface area contributed by atoms with Gasteiger partial charge in [-0.1, -0.05) is 49.1 Å². The van der Waals surface area contributed by atoms with Crippen molar-refractivity contribution < 1.29 is 28.9 Å². The van der Waals surface area contributed by atoms with E-state index in [0.717, 1.165) is 27.3 Å². The van der Waals surface area contributed by atoms with E-state index < -0.39 is 12.4 Å². The first-order valence-electron chi connectivity index (χ1n) is 12.6. The predicted octanol–water partition coefficient (Wildman–Crippen LogP) is 6.21. The van der Waals surface area contributed by atoms with Crippen LogP contribution in [0.5, 0.6) is 0 Å². The van der Waals surface area contributed by atoms with Crippen LogP contribution in [-0.4, -0.2) is 35.6 Å². The molecule has 0 radical (unpaired) electrons. The predicted molar refractivity (Wildman–Crippen MR) is 152 cm³/mol. The molecule has 2 amide bonds. The van der Waals surface area contributed by atoms with Gasteiger partial charge in [0.1, 0.15) is 6.61 Å². The third kappa shape index (κ3) is 8.43. The van der Waals surface area contributed by atoms with Gasteiger partial charge in [0, 0.05) is 40.9 Å². The molecule has 1 fully saturated rings. The summed E-state index contributed by atoms with van der Waals surface area (Å²) in [7, 11) is 0. The molecule has 8 nitrogen and oxygen atoms in total. The summed E-state index contributed by atoms with van der Waals surface area (Å²) in [6.07, 6.45) is 0.718. The Labute approximate surface area is 232 Å². The molecule has 1 aliphatic rings. The Morgan fingerprint density at radius 1 is 0.974 bits per heavy atom. The number of hydrogen-bond acceptors (Lipinski definition) is 7. The highest BCUT2D eigenvalue weighted by Gasteiger charge is 2.32. The molecule has 3 N–H and O–H groups in total. The number of anilines is 2. The molecule has 0 bridgehead atoms. The van der Waals surface area contributed by atoms with Crippen LogP contribution in [0.2, 0.25) is 0 Å². The van der Waals surface area contributed by atoms with Crippen molar-refractivity contribution in [2.75, 3.05) is 23.0 Å². The lowest BCUT2D eigenvalue weighted by atomic mass is 10.0. The van der Waals surface area contributed by atoms with E-state index in [2.05, 4.69) is 17.2 Å². The Bertz CT molecular complexity index is 1250. The van der Waals surface area contributed by atoms with E-state index in [1.165, 1.54) is 13.0 Å². The van der Waals surface area contributed by atoms with Crippen molar-refractivity contribution in [3.63, 3.8) is 0 Å². The lowest BCUT2D eigenvalue weighted by Crippen LogP contribution is -2.31. The molecular formula is C30H32N2O6S. The SMILES string of the molecule is C=CCOC(=O)Nc1ccc([C@H]2O[C@@H](CSc3ccc(NC(C)=O)cc3)C[C@@H](c3ccc(CO)cc3)O2)cc1. The molecule has 0 unspecified atom stereocenters. The molecule has 0 saturated carbocycles. The van der Waals surface area contributed by atoms with E-state index in [4.69, 9.17) is 14.2 Å². The van der Waals surface area contributed by atoms with Crippen LogP contribution < -0.4 is 10.6 Å². The second-order valence-electron chi connectivity index (χ2n) is 9.00. The molecular weight excluding hydrogens is 516 g/mol. The number of carbonyl (C=O) groups is 2. The van der Waals surface area contributed by atoms with E-state index in [-0.39, 0.29) is 31.3 Å². The number of carbonyl (C=O) groups excluding carboxylic acids is 2. The van der Waals surface area contributed by atoms with Gasteiger partial charge in [-0.3, -0.25) is 10.1 Å². The van der Waals surface area contributed by atoms with Crippen LogP contribution in [0, 0.1) is 0 Å². The summed E-state index contributed by atoms with van der Waals surface area (Å²) in [5, 5.41) is 14.9. The molecule has 3 atom stereocenters. The lowest BCUT2D eigenvalue weighted by Gasteiger charge is -2.36. The van der Waals surface area contributed by atoms with Crippen LogP contribution in [0.15, 0.2) is 90.3 Å². The molecule has 39 heavy (non-hydrogen) atoms. The minimum Gasteiger partial charge on any atom is -0.445 e. The number of rotatable bonds is 10. The molecule has 204 valence electrons. The van der Waals surface area contributed by atoms with Gasteiger partial charge in [-0.15, -0.1) is 11.8 Å². The van der Waals surface area contributed by atoms with Gasteiger partial charge in [0.25, 0.3) is 0 Å². The van der Waals surface area contributed by atoms with Gasteiger partial charge in [-0.05, 0) is 47.5 Å². The van der Waals surface area contributed by atoms with Gasteiger partial charge in [0.15, 0.2) is 6.29 Å². The summed E-state index contributed by atoms with van der Waals surface area (Å²) < 4.78 is 17.7. The number of aliphatic hydroxyl groups is 1. The molecule has 0 aromatic heterocycles. The number of hydrogen-bond donors (Lipinski definition) is 3. The van der Waals surface area contributed by atoms with Gasteiger partial charge in [0.2, 0.25) is 5.91 Å². The van der Waals surface area contributed by atoms with Gasteiger partial charge in [-0.2, -0.15) is 0 Å². The minimum absolute atomic E-state index is 0.0148. The fraction of sp³-hybridized carbons (Fsp3) is 0.267. The summed E-state index contributed by atoms with van der Waals surface area (Å²) in [4.78, 5) is 24.2. The van der Waals surface area contributed by atoms with E-state index in [0.29, 0.717) is 17.9 Å². The summed E-state index contributed by atoms with van der Waals surface area (Å²) in [6, 6.07) is 22.7. The third-order valence-corrected chi connectivity index (χ3v) is 7.13. The monoisotopic (exact) mass is 548 g/mol. The Morgan fingerprint density at radius 3 is 2.26 bits per heavy atom. The number of amides is 2. The number of ether oxygens (including phenoxy) is 3. The summed E-state index contributed by atoms with van der Waals surface area (Å²) in [5.41, 5.74) is 4.03. The van der Waals surface area contributed by atoms with Crippen molar-refractivity contribution >= 4 is 35.1 Å². The first-order valence-corrected chi connectivity index (χ1v) is 13.6. The molecule has 1 saturated heterocycles. The molecule has 4 rings (SSSR count). The highest BCUT2D eigenvalue weighted by molar-refractivity contribution is 7.99. The average molecular weight is 549 g/mol. The van der Waals surface area contributed by atoms with Crippen LogP contribution in [-0.2, 0) is 25.6 Å². The van der Waals surface area contributed by atoms with Crippen LogP contribution >= 0.6 is 11.8 Å². The highest BCUT2D eigenvalue weighted by Crippen LogP contribution is 2.39. The smallest absolute Gasteiger partial charge is 0.411 e. The molecule has 1 heterocycles. The topological polar surface area (TPSA) is 106 Å². The van der Waals surface area contributed by atoms with Gasteiger partial charge in [0.05, 0.1) is 18.8 Å². The van der Waals surface area contributed by atoms with E-state index >= 15 is 0 Å². The van der Waals surface area contributed by atoms with Gasteiger partial charge in [-0.25, -0.2) is 4.79 Å². The Kier molecular flexibility index (Phi) is 10.2. The molecule has 1 aliphatic heterocycles. The van der Waals surface area contributed by atoms with Crippen molar-refractivity contribution in [3.8, 4) is 0 Å². The quantitative estimate of drug-likeness (QED) is 0.204. The molecule has 0 aliphatic carbocycles. The Hall–Kier alpha value is -3.63. The lowest BCUT2D eigenvalue weighted by molar-refractivity contribution is -0.245. The maximum Gasteiger partial charge on any atom is 0.411 e. The Balaban J connectivity index is 1.46. The van der Waals surface area contributed by atoms with Crippen molar-refractivity contribution in [2.24, 2.45) is 0 Å².